The first-order valence-electron chi connectivity index (χ1n) is 16.6. The van der Waals surface area contributed by atoms with Gasteiger partial charge >= 0.3 is 12.7 Å². The molecule has 2 saturated heterocycles. The third kappa shape index (κ3) is 10.4. The van der Waals surface area contributed by atoms with E-state index in [-0.39, 0.29) is 22.5 Å². The highest BCUT2D eigenvalue weighted by molar-refractivity contribution is 9.09. The van der Waals surface area contributed by atoms with E-state index in [1.54, 1.807) is 42.5 Å². The van der Waals surface area contributed by atoms with Crippen LogP contribution in [-0.2, 0) is 9.47 Å². The average molecular weight is 840 g/mol. The van der Waals surface area contributed by atoms with Crippen LogP contribution >= 0.6 is 15.9 Å². The smallest absolute Gasteiger partial charge is 0.474 e. The van der Waals surface area contributed by atoms with Gasteiger partial charge in [-0.1, -0.05) is 66.2 Å². The van der Waals surface area contributed by atoms with E-state index in [9.17, 15) is 31.1 Å². The lowest BCUT2D eigenvalue weighted by Gasteiger charge is -2.37. The Hall–Kier alpha value is -5.00. The molecule has 6 aromatic rings. The van der Waals surface area contributed by atoms with Gasteiger partial charge in [0, 0.05) is 16.2 Å². The third-order valence-corrected chi connectivity index (χ3v) is 9.79. The number of benzene rings is 4. The topological polar surface area (TPSA) is 118 Å². The van der Waals surface area contributed by atoms with E-state index in [4.69, 9.17) is 23.3 Å². The van der Waals surface area contributed by atoms with Crippen LogP contribution in [0.5, 0.6) is 17.4 Å². The predicted molar refractivity (Wildman–Crippen MR) is 192 cm³/mol. The summed E-state index contributed by atoms with van der Waals surface area (Å²) >= 11 is 3.40. The lowest BCUT2D eigenvalue weighted by molar-refractivity contribution is -0.275. The fraction of sp³-hybridized carbons (Fsp3) is 0.316. The maximum Gasteiger partial charge on any atom is 0.573 e. The van der Waals surface area contributed by atoms with Crippen LogP contribution in [0, 0.1) is 10.8 Å². The van der Waals surface area contributed by atoms with E-state index in [0.717, 1.165) is 29.7 Å². The first-order valence-corrected chi connectivity index (χ1v) is 17.7. The molecule has 4 heterocycles. The quantitative estimate of drug-likeness (QED) is 0.118. The van der Waals surface area contributed by atoms with Gasteiger partial charge in [-0.05, 0) is 75.9 Å². The van der Waals surface area contributed by atoms with Crippen LogP contribution in [0.25, 0.3) is 44.2 Å². The number of aromatic amines is 1. The summed E-state index contributed by atoms with van der Waals surface area (Å²) in [7, 11) is 0. The number of fused-ring (bicyclic) bond motifs is 2. The van der Waals surface area contributed by atoms with E-state index in [2.05, 4.69) is 49.6 Å². The Labute approximate surface area is 317 Å². The van der Waals surface area contributed by atoms with E-state index in [1.807, 2.05) is 6.07 Å². The molecule has 0 atom stereocenters. The van der Waals surface area contributed by atoms with Crippen LogP contribution in [0.4, 0.5) is 26.3 Å². The van der Waals surface area contributed by atoms with Gasteiger partial charge in [0.15, 0.2) is 11.2 Å². The zero-order valence-corrected chi connectivity index (χ0v) is 30.8. The number of nitrogens with one attached hydrogen (secondary N) is 1. The predicted octanol–water partition coefficient (Wildman–Crippen LogP) is 9.91. The van der Waals surface area contributed by atoms with Crippen LogP contribution in [0.2, 0.25) is 0 Å². The van der Waals surface area contributed by atoms with Gasteiger partial charge in [-0.3, -0.25) is 4.79 Å². The van der Waals surface area contributed by atoms with Crippen LogP contribution in [-0.4, -0.2) is 61.4 Å². The molecule has 0 saturated carbocycles. The number of ether oxygens (including phenoxy) is 5. The molecule has 8 rings (SSSR count). The Balaban J connectivity index is 0.000000162. The minimum absolute atomic E-state index is 0.0306. The molecule has 2 fully saturated rings. The number of H-pyrrole nitrogens is 1. The van der Waals surface area contributed by atoms with Crippen molar-refractivity contribution in [3.8, 4) is 39.6 Å². The lowest BCUT2D eigenvalue weighted by atomic mass is 9.90. The molecular formula is C38H33BrF6N2O8. The monoisotopic (exact) mass is 838 g/mol. The van der Waals surface area contributed by atoms with Crippen LogP contribution in [0.3, 0.4) is 0 Å². The van der Waals surface area contributed by atoms with Crippen LogP contribution < -0.4 is 19.8 Å². The third-order valence-electron chi connectivity index (χ3n) is 8.44. The molecule has 2 aliphatic heterocycles. The summed E-state index contributed by atoms with van der Waals surface area (Å²) in [5.41, 5.74) is 3.94. The molecule has 55 heavy (non-hydrogen) atoms. The van der Waals surface area contributed by atoms with E-state index >= 15 is 0 Å². The standard InChI is InChI=1S/C19H16F3NO4.C14H8F3NO3.C5H9BrO/c1-18(9-24-10-18)11-25-17-15-8-13(4-7-16(15)27-23-17)12-2-5-14(6-3-12)26-19(20,21)22;15-14(16,17)20-10-4-1-8(2-5-10)9-3-6-12-11(7-9)13(19)18-21-12;1-5(2-6)3-7-4-5/h2-8H,9-11H2,1H3;1-7H,(H,18,19);2-4H2,1H3. The van der Waals surface area contributed by atoms with Gasteiger partial charge in [0.05, 0.1) is 43.8 Å². The molecule has 2 aliphatic rings. The fourth-order valence-corrected chi connectivity index (χ4v) is 5.66. The Kier molecular flexibility index (Phi) is 11.5. The summed E-state index contributed by atoms with van der Waals surface area (Å²) in [5.74, 6) is -0.178. The molecule has 0 amide bonds. The zero-order chi connectivity index (χ0) is 39.4. The highest BCUT2D eigenvalue weighted by atomic mass is 79.9. The summed E-state index contributed by atoms with van der Waals surface area (Å²) in [6, 6.07) is 21.4. The largest absolute Gasteiger partial charge is 0.573 e. The first kappa shape index (κ1) is 39.7. The molecule has 0 bridgehead atoms. The molecule has 292 valence electrons. The fourth-order valence-electron chi connectivity index (χ4n) is 5.33. The molecule has 10 nitrogen and oxygen atoms in total. The number of aromatic nitrogens is 2. The van der Waals surface area contributed by atoms with Crippen molar-refractivity contribution in [2.75, 3.05) is 38.4 Å². The number of alkyl halides is 7. The number of hydrogen-bond donors (Lipinski definition) is 1. The molecule has 1 N–H and O–H groups in total. The van der Waals surface area contributed by atoms with Gasteiger partial charge in [-0.2, -0.15) is 5.16 Å². The van der Waals surface area contributed by atoms with Gasteiger partial charge in [0.25, 0.3) is 11.4 Å². The van der Waals surface area contributed by atoms with Crippen molar-refractivity contribution in [3.63, 3.8) is 0 Å². The van der Waals surface area contributed by atoms with Crippen LogP contribution in [0.15, 0.2) is 98.8 Å². The number of nitrogens with zero attached hydrogens (tertiary/aromatic N) is 1. The van der Waals surface area contributed by atoms with Gasteiger partial charge in [0.2, 0.25) is 0 Å². The minimum Gasteiger partial charge on any atom is -0.474 e. The molecule has 0 aliphatic carbocycles. The van der Waals surface area contributed by atoms with Gasteiger partial charge < -0.3 is 32.7 Å². The Morgan fingerprint density at radius 3 is 1.60 bits per heavy atom. The molecule has 2 aromatic heterocycles. The molecule has 0 unspecified atom stereocenters. The van der Waals surface area contributed by atoms with Crippen LogP contribution in [0.1, 0.15) is 13.8 Å². The Morgan fingerprint density at radius 1 is 0.691 bits per heavy atom. The van der Waals surface area contributed by atoms with Gasteiger partial charge in [-0.25, -0.2) is 0 Å². The highest BCUT2D eigenvalue weighted by Crippen LogP contribution is 2.34. The molecule has 17 heteroatoms. The normalized spacial score (nSPS) is 15.8. The second kappa shape index (κ2) is 16.0. The SMILES string of the molecule is CC1(CBr)COC1.CC1(COc2noc3ccc(-c4ccc(OC(F)(F)F)cc4)cc23)COC1.O=c1[nH]oc2ccc(-c3ccc(OC(F)(F)F)cc3)cc12. The van der Waals surface area contributed by atoms with Gasteiger partial charge in [-0.15, -0.1) is 26.3 Å². The van der Waals surface area contributed by atoms with E-state index < -0.39 is 12.7 Å². The second-order valence-corrected chi connectivity index (χ2v) is 14.2. The van der Waals surface area contributed by atoms with Gasteiger partial charge in [0.1, 0.15) is 11.5 Å². The molecule has 0 spiro atoms. The highest BCUT2D eigenvalue weighted by Gasteiger charge is 2.35. The maximum absolute atomic E-state index is 12.3. The number of halogens is 7. The minimum atomic E-state index is -4.72. The summed E-state index contributed by atoms with van der Waals surface area (Å²) in [4.78, 5) is 11.5. The number of hydrogen-bond acceptors (Lipinski definition) is 9. The molecule has 0 radical (unpaired) electrons. The average Bonchev–Trinajstić information content (AvgIpc) is 3.71. The van der Waals surface area contributed by atoms with Crippen molar-refractivity contribution in [1.29, 1.82) is 0 Å². The van der Waals surface area contributed by atoms with E-state index in [1.165, 1.54) is 36.4 Å². The lowest BCUT2D eigenvalue weighted by Crippen LogP contribution is -2.44. The Bertz CT molecular complexity index is 2250. The summed E-state index contributed by atoms with van der Waals surface area (Å²) in [6.45, 7) is 7.87. The van der Waals surface area contributed by atoms with Crippen molar-refractivity contribution >= 4 is 37.9 Å². The first-order chi connectivity index (χ1) is 26.0. The summed E-state index contributed by atoms with van der Waals surface area (Å²) < 4.78 is 107. The van der Waals surface area contributed by atoms with Crippen molar-refractivity contribution in [3.05, 3.63) is 95.3 Å². The van der Waals surface area contributed by atoms with E-state index in [0.29, 0.717) is 64.2 Å². The molecular weight excluding hydrogens is 806 g/mol. The summed E-state index contributed by atoms with van der Waals surface area (Å²) in [5, 5.41) is 8.33. The molecule has 4 aromatic carbocycles. The number of rotatable bonds is 8. The van der Waals surface area contributed by atoms with Crippen molar-refractivity contribution in [2.45, 2.75) is 26.6 Å². The van der Waals surface area contributed by atoms with Crippen molar-refractivity contribution in [2.24, 2.45) is 10.8 Å². The van der Waals surface area contributed by atoms with Crippen molar-refractivity contribution < 1.29 is 59.1 Å². The summed E-state index contributed by atoms with van der Waals surface area (Å²) in [6.07, 6.45) is -9.43. The second-order valence-electron chi connectivity index (χ2n) is 13.6. The Morgan fingerprint density at radius 2 is 1.16 bits per heavy atom. The van der Waals surface area contributed by atoms with Crippen molar-refractivity contribution in [1.82, 2.24) is 10.3 Å². The zero-order valence-electron chi connectivity index (χ0n) is 29.2. The maximum atomic E-state index is 12.3.